The van der Waals surface area contributed by atoms with Crippen LogP contribution in [0.1, 0.15) is 18.2 Å². The summed E-state index contributed by atoms with van der Waals surface area (Å²) in [5.41, 5.74) is 3.09. The number of benzene rings is 1. The Hall–Kier alpha value is -2.29. The second-order valence-corrected chi connectivity index (χ2v) is 7.60. The minimum Gasteiger partial charge on any atom is -0.379 e. The van der Waals surface area contributed by atoms with Crippen LogP contribution in [0, 0.1) is 0 Å². The first kappa shape index (κ1) is 20.4. The monoisotopic (exact) mass is 402 g/mol. The summed E-state index contributed by atoms with van der Waals surface area (Å²) in [7, 11) is 0. The smallest absolute Gasteiger partial charge is 0.226 e. The van der Waals surface area contributed by atoms with Gasteiger partial charge in [0.15, 0.2) is 0 Å². The number of nitrogens with zero attached hydrogens (tertiary/aromatic N) is 2. The van der Waals surface area contributed by atoms with Crippen LogP contribution in [-0.2, 0) is 27.3 Å². The molecule has 7 nitrogen and oxygen atoms in total. The predicted octanol–water partition coefficient (Wildman–Crippen LogP) is 1.44. The number of nitrogens with one attached hydrogen (secondary N) is 2. The average Bonchev–Trinajstić information content (AvgIpc) is 3.15. The van der Waals surface area contributed by atoms with E-state index < -0.39 is 0 Å². The van der Waals surface area contributed by atoms with E-state index in [1.54, 1.807) is 11.3 Å². The van der Waals surface area contributed by atoms with Crippen molar-refractivity contribution in [3.63, 3.8) is 0 Å². The van der Waals surface area contributed by atoms with Crippen molar-refractivity contribution < 1.29 is 14.3 Å². The maximum absolute atomic E-state index is 12.0. The molecule has 3 rings (SSSR count). The number of hydrogen-bond donors (Lipinski definition) is 2. The van der Waals surface area contributed by atoms with E-state index in [9.17, 15) is 9.59 Å². The van der Waals surface area contributed by atoms with Gasteiger partial charge < -0.3 is 15.4 Å². The number of aromatic nitrogens is 1. The minimum atomic E-state index is -0.103. The molecule has 0 saturated carbocycles. The second-order valence-electron chi connectivity index (χ2n) is 6.74. The molecule has 2 aromatic rings. The Kier molecular flexibility index (Phi) is 7.53. The maximum atomic E-state index is 12.0. The summed E-state index contributed by atoms with van der Waals surface area (Å²) in [5.74, 6) is -0.197. The van der Waals surface area contributed by atoms with E-state index in [-0.39, 0.29) is 18.2 Å². The highest BCUT2D eigenvalue weighted by atomic mass is 32.1. The van der Waals surface area contributed by atoms with Gasteiger partial charge in [-0.15, -0.1) is 11.3 Å². The van der Waals surface area contributed by atoms with Crippen molar-refractivity contribution in [3.8, 4) is 10.6 Å². The molecule has 0 spiro atoms. The van der Waals surface area contributed by atoms with Gasteiger partial charge in [0, 0.05) is 50.6 Å². The van der Waals surface area contributed by atoms with Crippen molar-refractivity contribution >= 4 is 23.2 Å². The molecule has 0 aliphatic carbocycles. The first-order valence-electron chi connectivity index (χ1n) is 9.45. The van der Waals surface area contributed by atoms with E-state index in [4.69, 9.17) is 4.74 Å². The highest BCUT2D eigenvalue weighted by Gasteiger charge is 2.12. The van der Waals surface area contributed by atoms with Gasteiger partial charge >= 0.3 is 0 Å². The quantitative estimate of drug-likeness (QED) is 0.653. The van der Waals surface area contributed by atoms with Gasteiger partial charge in [-0.2, -0.15) is 0 Å². The van der Waals surface area contributed by atoms with Crippen LogP contribution in [0.3, 0.4) is 0 Å². The van der Waals surface area contributed by atoms with Gasteiger partial charge in [0.05, 0.1) is 25.3 Å². The van der Waals surface area contributed by atoms with Crippen molar-refractivity contribution in [2.24, 2.45) is 0 Å². The van der Waals surface area contributed by atoms with Crippen LogP contribution in [-0.4, -0.2) is 61.1 Å². The Labute approximate surface area is 169 Å². The van der Waals surface area contributed by atoms with E-state index in [2.05, 4.69) is 44.8 Å². The minimum absolute atomic E-state index is 0.0942. The second kappa shape index (κ2) is 10.3. The lowest BCUT2D eigenvalue weighted by atomic mass is 10.1. The van der Waals surface area contributed by atoms with E-state index >= 15 is 0 Å². The van der Waals surface area contributed by atoms with Crippen LogP contribution >= 0.6 is 11.3 Å². The lowest BCUT2D eigenvalue weighted by molar-refractivity contribution is -0.121. The third-order valence-electron chi connectivity index (χ3n) is 4.40. The van der Waals surface area contributed by atoms with Crippen LogP contribution < -0.4 is 10.6 Å². The Morgan fingerprint density at radius 3 is 2.79 bits per heavy atom. The first-order valence-corrected chi connectivity index (χ1v) is 10.3. The van der Waals surface area contributed by atoms with E-state index in [1.807, 2.05) is 5.38 Å². The number of ether oxygens (including phenoxy) is 1. The topological polar surface area (TPSA) is 83.6 Å². The number of hydrogen-bond acceptors (Lipinski definition) is 6. The Morgan fingerprint density at radius 2 is 2.00 bits per heavy atom. The zero-order chi connectivity index (χ0) is 19.8. The molecular formula is C20H26N4O3S. The first-order chi connectivity index (χ1) is 13.6. The van der Waals surface area contributed by atoms with Crippen LogP contribution in [0.2, 0.25) is 0 Å². The summed E-state index contributed by atoms with van der Waals surface area (Å²) in [4.78, 5) is 29.8. The Balaban J connectivity index is 1.53. The largest absolute Gasteiger partial charge is 0.379 e. The third-order valence-corrected chi connectivity index (χ3v) is 5.34. The molecule has 0 atom stereocenters. The van der Waals surface area contributed by atoms with Gasteiger partial charge in [-0.1, -0.05) is 18.2 Å². The van der Waals surface area contributed by atoms with Gasteiger partial charge in [0.2, 0.25) is 11.8 Å². The van der Waals surface area contributed by atoms with Gasteiger partial charge in [0.25, 0.3) is 0 Å². The molecular weight excluding hydrogens is 376 g/mol. The van der Waals surface area contributed by atoms with E-state index in [0.29, 0.717) is 13.1 Å². The molecule has 0 bridgehead atoms. The van der Waals surface area contributed by atoms with Gasteiger partial charge in [-0.25, -0.2) is 4.98 Å². The van der Waals surface area contributed by atoms with Crippen LogP contribution in [0.25, 0.3) is 10.6 Å². The highest BCUT2D eigenvalue weighted by Crippen LogP contribution is 2.25. The standard InChI is InChI=1S/C20H26N4O3S/c1-15(25)21-5-6-22-19(26)12-18-14-28-20(23-18)17-4-2-3-16(11-17)13-24-7-9-27-10-8-24/h2-4,11,14H,5-10,12-13H2,1H3,(H,21,25)(H,22,26). The zero-order valence-corrected chi connectivity index (χ0v) is 16.9. The third kappa shape index (κ3) is 6.40. The van der Waals surface area contributed by atoms with E-state index in [0.717, 1.165) is 49.1 Å². The molecule has 0 radical (unpaired) electrons. The maximum Gasteiger partial charge on any atom is 0.226 e. The molecule has 2 amide bonds. The van der Waals surface area contributed by atoms with Gasteiger partial charge in [-0.3, -0.25) is 14.5 Å². The van der Waals surface area contributed by atoms with Crippen molar-refractivity contribution in [1.29, 1.82) is 0 Å². The molecule has 8 heteroatoms. The zero-order valence-electron chi connectivity index (χ0n) is 16.1. The van der Waals surface area contributed by atoms with Gasteiger partial charge in [-0.05, 0) is 11.6 Å². The fourth-order valence-electron chi connectivity index (χ4n) is 3.01. The molecule has 1 aliphatic heterocycles. The fraction of sp³-hybridized carbons (Fsp3) is 0.450. The summed E-state index contributed by atoms with van der Waals surface area (Å²) in [5, 5.41) is 8.28. The van der Waals surface area contributed by atoms with Crippen LogP contribution in [0.5, 0.6) is 0 Å². The predicted molar refractivity (Wildman–Crippen MR) is 109 cm³/mol. The number of carbonyl (C=O) groups excluding carboxylic acids is 2. The average molecular weight is 403 g/mol. The van der Waals surface area contributed by atoms with Crippen molar-refractivity contribution in [2.45, 2.75) is 19.9 Å². The molecule has 28 heavy (non-hydrogen) atoms. The van der Waals surface area contributed by atoms with Crippen LogP contribution in [0.4, 0.5) is 0 Å². The SMILES string of the molecule is CC(=O)NCCNC(=O)Cc1csc(-c2cccc(CN3CCOCC3)c2)n1. The van der Waals surface area contributed by atoms with Crippen molar-refractivity contribution in [3.05, 3.63) is 40.9 Å². The molecule has 1 aromatic carbocycles. The fourth-order valence-corrected chi connectivity index (χ4v) is 3.83. The highest BCUT2D eigenvalue weighted by molar-refractivity contribution is 7.13. The summed E-state index contributed by atoms with van der Waals surface area (Å²) < 4.78 is 5.41. The van der Waals surface area contributed by atoms with Crippen LogP contribution in [0.15, 0.2) is 29.6 Å². The summed E-state index contributed by atoms with van der Waals surface area (Å²) in [6.45, 7) is 6.72. The molecule has 2 heterocycles. The number of thiazole rings is 1. The summed E-state index contributed by atoms with van der Waals surface area (Å²) in [6, 6.07) is 8.42. The number of morpholine rings is 1. The summed E-state index contributed by atoms with van der Waals surface area (Å²) >= 11 is 1.55. The lowest BCUT2D eigenvalue weighted by Crippen LogP contribution is -2.35. The van der Waals surface area contributed by atoms with Crippen molar-refractivity contribution in [2.75, 3.05) is 39.4 Å². The molecule has 0 unspecified atom stereocenters. The Bertz CT molecular complexity index is 802. The summed E-state index contributed by atoms with van der Waals surface area (Å²) in [6.07, 6.45) is 0.240. The molecule has 150 valence electrons. The molecule has 1 aromatic heterocycles. The molecule has 2 N–H and O–H groups in total. The van der Waals surface area contributed by atoms with Crippen molar-refractivity contribution in [1.82, 2.24) is 20.5 Å². The van der Waals surface area contributed by atoms with Gasteiger partial charge in [0.1, 0.15) is 5.01 Å². The molecule has 1 fully saturated rings. The molecule has 1 aliphatic rings. The number of rotatable bonds is 8. The molecule has 1 saturated heterocycles. The van der Waals surface area contributed by atoms with E-state index in [1.165, 1.54) is 12.5 Å². The Morgan fingerprint density at radius 1 is 1.21 bits per heavy atom. The normalized spacial score (nSPS) is 14.6. The number of carbonyl (C=O) groups is 2. The number of amides is 2. The lowest BCUT2D eigenvalue weighted by Gasteiger charge is -2.26.